The van der Waals surface area contributed by atoms with Crippen LogP contribution in [0.5, 0.6) is 5.88 Å². The summed E-state index contributed by atoms with van der Waals surface area (Å²) in [6.07, 6.45) is 4.15. The number of nitrogens with two attached hydrogens (primary N) is 1. The predicted molar refractivity (Wildman–Crippen MR) is 71.8 cm³/mol. The lowest BCUT2D eigenvalue weighted by Crippen LogP contribution is -2.25. The minimum Gasteiger partial charge on any atom is -0.476 e. The summed E-state index contributed by atoms with van der Waals surface area (Å²) in [5.41, 5.74) is 12.7. The van der Waals surface area contributed by atoms with Crippen molar-refractivity contribution in [3.05, 3.63) is 18.3 Å². The molecule has 0 amide bonds. The van der Waals surface area contributed by atoms with Crippen LogP contribution in [0.4, 0.5) is 5.69 Å². The van der Waals surface area contributed by atoms with Crippen molar-refractivity contribution in [1.82, 2.24) is 9.88 Å². The molecule has 1 saturated heterocycles. The molecular formula is C12H18N6O. The van der Waals surface area contributed by atoms with Gasteiger partial charge in [0, 0.05) is 18.8 Å². The highest BCUT2D eigenvalue weighted by molar-refractivity contribution is 5.80. The average Bonchev–Trinajstić information content (AvgIpc) is 2.92. The molecule has 0 atom stereocenters. The van der Waals surface area contributed by atoms with Crippen molar-refractivity contribution in [2.24, 2.45) is 15.8 Å². The van der Waals surface area contributed by atoms with Gasteiger partial charge >= 0.3 is 0 Å². The molecule has 0 bridgehead atoms. The lowest BCUT2D eigenvalue weighted by Gasteiger charge is -2.14. The highest BCUT2D eigenvalue weighted by Crippen LogP contribution is 2.17. The molecule has 0 radical (unpaired) electrons. The third-order valence-electron chi connectivity index (χ3n) is 2.93. The van der Waals surface area contributed by atoms with Crippen molar-refractivity contribution in [3.63, 3.8) is 0 Å². The topological polar surface area (TPSA) is 100.0 Å². The first-order chi connectivity index (χ1) is 9.28. The fraction of sp³-hybridized carbons (Fsp3) is 0.500. The Balaban J connectivity index is 1.86. The summed E-state index contributed by atoms with van der Waals surface area (Å²) >= 11 is 0. The summed E-state index contributed by atoms with van der Waals surface area (Å²) in [6.45, 7) is 3.84. The van der Waals surface area contributed by atoms with E-state index in [0.29, 0.717) is 18.2 Å². The van der Waals surface area contributed by atoms with Gasteiger partial charge in [-0.1, -0.05) is 0 Å². The average molecular weight is 262 g/mol. The van der Waals surface area contributed by atoms with Crippen LogP contribution in [0.3, 0.4) is 0 Å². The smallest absolute Gasteiger partial charge is 0.239 e. The maximum atomic E-state index is 6.73. The molecule has 1 aliphatic rings. The van der Waals surface area contributed by atoms with Crippen LogP contribution >= 0.6 is 0 Å². The van der Waals surface area contributed by atoms with Crippen molar-refractivity contribution in [2.45, 2.75) is 12.8 Å². The zero-order valence-electron chi connectivity index (χ0n) is 10.7. The Morgan fingerprint density at radius 1 is 1.47 bits per heavy atom. The van der Waals surface area contributed by atoms with E-state index in [-0.39, 0.29) is 5.96 Å². The standard InChI is InChI=1S/C12H18N6O/c13-12(17-14)16-10-3-4-15-11(9-10)19-8-7-18-5-1-2-6-18/h3-4,9,14H,1-2,5-8H2,(H2,13,15,16). The summed E-state index contributed by atoms with van der Waals surface area (Å²) in [5.74, 6) is 0.424. The van der Waals surface area contributed by atoms with Crippen LogP contribution in [0.2, 0.25) is 0 Å². The number of likely N-dealkylation sites (tertiary alicyclic amines) is 1. The number of hydrogen-bond acceptors (Lipinski definition) is 5. The van der Waals surface area contributed by atoms with Crippen molar-refractivity contribution in [3.8, 4) is 5.88 Å². The number of nitrogens with zero attached hydrogens (tertiary/aromatic N) is 4. The Bertz CT molecular complexity index is 455. The molecule has 7 heteroatoms. The van der Waals surface area contributed by atoms with Gasteiger partial charge < -0.3 is 10.5 Å². The number of aliphatic imine (C=N–C) groups is 1. The maximum absolute atomic E-state index is 6.73. The fourth-order valence-corrected chi connectivity index (χ4v) is 1.99. The molecule has 1 aliphatic heterocycles. The van der Waals surface area contributed by atoms with Crippen LogP contribution in [0, 0.1) is 5.53 Å². The zero-order valence-corrected chi connectivity index (χ0v) is 10.7. The molecular weight excluding hydrogens is 244 g/mol. The zero-order chi connectivity index (χ0) is 13.5. The molecule has 1 fully saturated rings. The van der Waals surface area contributed by atoms with Gasteiger partial charge in [0.15, 0.2) is 0 Å². The molecule has 2 heterocycles. The molecule has 2 rings (SSSR count). The molecule has 0 saturated carbocycles. The Kier molecular flexibility index (Phi) is 4.79. The third-order valence-corrected chi connectivity index (χ3v) is 2.93. The number of rotatable bonds is 5. The van der Waals surface area contributed by atoms with E-state index in [0.717, 1.165) is 19.6 Å². The number of pyridine rings is 1. The number of ether oxygens (including phenoxy) is 1. The van der Waals surface area contributed by atoms with Gasteiger partial charge in [-0.2, -0.15) is 0 Å². The van der Waals surface area contributed by atoms with Gasteiger partial charge in [-0.05, 0) is 32.0 Å². The van der Waals surface area contributed by atoms with E-state index in [9.17, 15) is 0 Å². The first kappa shape index (κ1) is 13.4. The SMILES string of the molecule is N=NC(N)=Nc1ccnc(OCCN2CCCC2)c1. The molecule has 3 N–H and O–H groups in total. The molecule has 0 spiro atoms. The lowest BCUT2D eigenvalue weighted by molar-refractivity contribution is 0.232. The van der Waals surface area contributed by atoms with E-state index in [1.54, 1.807) is 18.3 Å². The predicted octanol–water partition coefficient (Wildman–Crippen LogP) is 1.53. The Morgan fingerprint density at radius 3 is 3.00 bits per heavy atom. The van der Waals surface area contributed by atoms with Crippen LogP contribution in [-0.2, 0) is 0 Å². The molecule has 0 aliphatic carbocycles. The summed E-state index contributed by atoms with van der Waals surface area (Å²) in [5, 5.41) is 3.04. The normalized spacial score (nSPS) is 16.5. The molecule has 102 valence electrons. The number of aromatic nitrogens is 1. The minimum absolute atomic E-state index is 0.0887. The summed E-state index contributed by atoms with van der Waals surface area (Å²) in [7, 11) is 0. The van der Waals surface area contributed by atoms with Crippen molar-refractivity contribution in [1.29, 1.82) is 5.53 Å². The first-order valence-corrected chi connectivity index (χ1v) is 6.31. The molecule has 0 aromatic carbocycles. The second-order valence-corrected chi connectivity index (χ2v) is 4.33. The Hall–Kier alpha value is -2.02. The minimum atomic E-state index is -0.0887. The molecule has 7 nitrogen and oxygen atoms in total. The molecule has 19 heavy (non-hydrogen) atoms. The van der Waals surface area contributed by atoms with E-state index in [4.69, 9.17) is 16.0 Å². The van der Waals surface area contributed by atoms with Crippen LogP contribution in [0.15, 0.2) is 28.4 Å². The van der Waals surface area contributed by atoms with Gasteiger partial charge in [-0.15, -0.1) is 5.11 Å². The summed E-state index contributed by atoms with van der Waals surface area (Å²) in [6, 6.07) is 3.37. The Morgan fingerprint density at radius 2 is 2.26 bits per heavy atom. The molecule has 1 aromatic rings. The quantitative estimate of drug-likeness (QED) is 0.477. The van der Waals surface area contributed by atoms with E-state index < -0.39 is 0 Å². The first-order valence-electron chi connectivity index (χ1n) is 6.31. The van der Waals surface area contributed by atoms with Crippen molar-refractivity contribution >= 4 is 11.6 Å². The van der Waals surface area contributed by atoms with Gasteiger partial charge in [0.2, 0.25) is 11.8 Å². The van der Waals surface area contributed by atoms with Gasteiger partial charge in [-0.3, -0.25) is 4.90 Å². The van der Waals surface area contributed by atoms with Crippen molar-refractivity contribution in [2.75, 3.05) is 26.2 Å². The van der Waals surface area contributed by atoms with Gasteiger partial charge in [0.05, 0.1) is 5.69 Å². The second kappa shape index (κ2) is 6.79. The largest absolute Gasteiger partial charge is 0.476 e. The highest BCUT2D eigenvalue weighted by Gasteiger charge is 2.10. The van der Waals surface area contributed by atoms with E-state index in [2.05, 4.69) is 20.0 Å². The van der Waals surface area contributed by atoms with E-state index in [1.807, 2.05) is 0 Å². The van der Waals surface area contributed by atoms with Gasteiger partial charge in [0.25, 0.3) is 0 Å². The van der Waals surface area contributed by atoms with Gasteiger partial charge in [-0.25, -0.2) is 15.5 Å². The monoisotopic (exact) mass is 262 g/mol. The number of hydrogen-bond donors (Lipinski definition) is 2. The van der Waals surface area contributed by atoms with Crippen LogP contribution in [-0.4, -0.2) is 42.1 Å². The lowest BCUT2D eigenvalue weighted by atomic mass is 10.4. The summed E-state index contributed by atoms with van der Waals surface area (Å²) < 4.78 is 5.58. The Labute approximate surface area is 112 Å². The number of guanidine groups is 1. The molecule has 1 aromatic heterocycles. The summed E-state index contributed by atoms with van der Waals surface area (Å²) in [4.78, 5) is 10.4. The van der Waals surface area contributed by atoms with Crippen LogP contribution < -0.4 is 10.5 Å². The fourth-order valence-electron chi connectivity index (χ4n) is 1.99. The van der Waals surface area contributed by atoms with Gasteiger partial charge in [0.1, 0.15) is 6.61 Å². The number of nitrogens with one attached hydrogen (secondary N) is 1. The second-order valence-electron chi connectivity index (χ2n) is 4.33. The van der Waals surface area contributed by atoms with Crippen LogP contribution in [0.25, 0.3) is 0 Å². The third kappa shape index (κ3) is 4.29. The maximum Gasteiger partial charge on any atom is 0.239 e. The van der Waals surface area contributed by atoms with Crippen LogP contribution in [0.1, 0.15) is 12.8 Å². The van der Waals surface area contributed by atoms with E-state index in [1.165, 1.54) is 12.8 Å². The molecule has 0 unspecified atom stereocenters. The van der Waals surface area contributed by atoms with E-state index >= 15 is 0 Å². The van der Waals surface area contributed by atoms with Crippen molar-refractivity contribution < 1.29 is 4.74 Å². The highest BCUT2D eigenvalue weighted by atomic mass is 16.5.